The summed E-state index contributed by atoms with van der Waals surface area (Å²) in [4.78, 5) is 27.3. The number of hydrogen-bond donors (Lipinski definition) is 2. The molecule has 5 aliphatic carbocycles. The Morgan fingerprint density at radius 3 is 2.17 bits per heavy atom. The van der Waals surface area contributed by atoms with Gasteiger partial charge >= 0.3 is 11.9 Å². The number of carbonyl (C=O) groups is 2. The lowest BCUT2D eigenvalue weighted by molar-refractivity contribution is -0.246. The molecule has 0 aromatic carbocycles. The van der Waals surface area contributed by atoms with E-state index in [0.29, 0.717) is 29.6 Å². The Kier molecular flexibility index (Phi) is 10.5. The molecule has 0 spiro atoms. The molecule has 6 fully saturated rings. The summed E-state index contributed by atoms with van der Waals surface area (Å²) >= 11 is 0. The zero-order valence-electron chi connectivity index (χ0n) is 34.1. The molecule has 10 unspecified atom stereocenters. The third-order valence-electron chi connectivity index (χ3n) is 17.5. The van der Waals surface area contributed by atoms with Crippen LogP contribution < -0.4 is 5.32 Å². The highest BCUT2D eigenvalue weighted by Crippen LogP contribution is 2.76. The number of fused-ring (bicyclic) bond motifs is 7. The van der Waals surface area contributed by atoms with Crippen LogP contribution in [-0.2, 0) is 24.2 Å². The predicted octanol–water partition coefficient (Wildman–Crippen LogP) is 7.91. The number of sulfone groups is 1. The molecule has 52 heavy (non-hydrogen) atoms. The summed E-state index contributed by atoms with van der Waals surface area (Å²) in [6, 6.07) is 0. The van der Waals surface area contributed by atoms with Crippen LogP contribution in [0, 0.1) is 56.7 Å². The van der Waals surface area contributed by atoms with Crippen LogP contribution in [0.2, 0.25) is 0 Å². The van der Waals surface area contributed by atoms with Crippen LogP contribution in [0.4, 0.5) is 0 Å². The molecule has 10 atom stereocenters. The lowest BCUT2D eigenvalue weighted by Gasteiger charge is -2.73. The Bertz CT molecular complexity index is 1520. The minimum absolute atomic E-state index is 0.107. The van der Waals surface area contributed by atoms with Crippen molar-refractivity contribution in [2.24, 2.45) is 56.7 Å². The molecule has 5 saturated carbocycles. The summed E-state index contributed by atoms with van der Waals surface area (Å²) < 4.78 is 30.4. The monoisotopic (exact) mass is 745 g/mol. The normalized spacial score (nSPS) is 42.3. The fraction of sp³-hybridized carbons (Fsp3) is 0.907. The Labute approximate surface area is 316 Å². The fourth-order valence-corrected chi connectivity index (χ4v) is 15.4. The molecule has 0 amide bonds. The summed E-state index contributed by atoms with van der Waals surface area (Å²) in [7, 11) is -2.96. The number of nitrogens with one attached hydrogen (secondary N) is 1. The summed E-state index contributed by atoms with van der Waals surface area (Å²) in [6.07, 6.45) is 14.2. The maximum Gasteiger partial charge on any atom is 0.309 e. The first kappa shape index (κ1) is 40.2. The number of ether oxygens (including phenoxy) is 1. The predicted molar refractivity (Wildman–Crippen MR) is 207 cm³/mol. The van der Waals surface area contributed by atoms with Crippen LogP contribution in [0.25, 0.3) is 0 Å². The zero-order valence-corrected chi connectivity index (χ0v) is 34.9. The van der Waals surface area contributed by atoms with E-state index in [1.807, 2.05) is 0 Å². The minimum Gasteiger partial charge on any atom is -0.481 e. The van der Waals surface area contributed by atoms with Crippen molar-refractivity contribution in [1.29, 1.82) is 0 Å². The van der Waals surface area contributed by atoms with Crippen LogP contribution >= 0.6 is 0 Å². The molecule has 0 bridgehead atoms. The van der Waals surface area contributed by atoms with Gasteiger partial charge in [-0.05, 0) is 157 Å². The van der Waals surface area contributed by atoms with Gasteiger partial charge in [-0.1, -0.05) is 46.8 Å². The van der Waals surface area contributed by atoms with Crippen molar-refractivity contribution in [1.82, 2.24) is 10.2 Å². The van der Waals surface area contributed by atoms with Gasteiger partial charge in [-0.25, -0.2) is 8.42 Å². The number of hydrogen-bond acceptors (Lipinski definition) is 7. The number of esters is 1. The average Bonchev–Trinajstić information content (AvgIpc) is 3.42. The van der Waals surface area contributed by atoms with Crippen molar-refractivity contribution in [2.45, 2.75) is 156 Å². The molecule has 1 aliphatic heterocycles. The molecule has 6 rings (SSSR count). The second kappa shape index (κ2) is 13.6. The number of carboxylic acid groups (broad SMARTS) is 1. The van der Waals surface area contributed by atoms with Gasteiger partial charge in [0.05, 0.1) is 17.1 Å². The van der Waals surface area contributed by atoms with E-state index in [1.165, 1.54) is 56.8 Å². The second-order valence-corrected chi connectivity index (χ2v) is 23.2. The van der Waals surface area contributed by atoms with Crippen molar-refractivity contribution < 1.29 is 27.9 Å². The van der Waals surface area contributed by atoms with Crippen LogP contribution in [0.1, 0.15) is 139 Å². The molecular weight excluding hydrogens is 673 g/mol. The molecule has 1 heterocycles. The van der Waals surface area contributed by atoms with Crippen LogP contribution in [-0.4, -0.2) is 79.7 Å². The molecule has 8 nitrogen and oxygen atoms in total. The SMILES string of the molecule is C=C(C)C1CCC2(NCCN3CCC(S(C)(=O)=O)CC3)CCC3(C)C(CCC4C5(C)CCC(OC(=O)CC(C)(C)C(=O)O)C(C)(C)C5CCC43C)C12. The van der Waals surface area contributed by atoms with Gasteiger partial charge in [-0.2, -0.15) is 0 Å². The summed E-state index contributed by atoms with van der Waals surface area (Å²) in [6.45, 7) is 26.3. The summed E-state index contributed by atoms with van der Waals surface area (Å²) in [5.41, 5.74) is 0.796. The van der Waals surface area contributed by atoms with E-state index >= 15 is 0 Å². The van der Waals surface area contributed by atoms with E-state index in [1.54, 1.807) is 13.8 Å². The number of likely N-dealkylation sites (tertiary alicyclic amines) is 1. The number of carbonyl (C=O) groups excluding carboxylic acids is 1. The van der Waals surface area contributed by atoms with Gasteiger partial charge in [0.15, 0.2) is 0 Å². The largest absolute Gasteiger partial charge is 0.481 e. The molecule has 9 heteroatoms. The molecule has 0 radical (unpaired) electrons. The highest BCUT2D eigenvalue weighted by Gasteiger charge is 2.71. The second-order valence-electron chi connectivity index (χ2n) is 20.8. The van der Waals surface area contributed by atoms with Crippen molar-refractivity contribution in [3.05, 3.63) is 12.2 Å². The van der Waals surface area contributed by atoms with E-state index in [4.69, 9.17) is 4.74 Å². The summed E-state index contributed by atoms with van der Waals surface area (Å²) in [5, 5.41) is 13.7. The van der Waals surface area contributed by atoms with Crippen LogP contribution in [0.5, 0.6) is 0 Å². The highest BCUT2D eigenvalue weighted by atomic mass is 32.2. The van der Waals surface area contributed by atoms with E-state index in [-0.39, 0.29) is 50.9 Å². The number of carboxylic acids is 1. The molecule has 296 valence electrons. The first-order valence-electron chi connectivity index (χ1n) is 20.8. The minimum atomic E-state index is -2.96. The van der Waals surface area contributed by atoms with Crippen molar-refractivity contribution >= 4 is 21.8 Å². The van der Waals surface area contributed by atoms with Crippen molar-refractivity contribution in [3.63, 3.8) is 0 Å². The molecule has 6 aliphatic rings. The van der Waals surface area contributed by atoms with Gasteiger partial charge < -0.3 is 20.1 Å². The zero-order chi connectivity index (χ0) is 38.3. The third-order valence-corrected chi connectivity index (χ3v) is 19.2. The quantitative estimate of drug-likeness (QED) is 0.172. The van der Waals surface area contributed by atoms with E-state index in [9.17, 15) is 23.1 Å². The molecule has 1 saturated heterocycles. The Morgan fingerprint density at radius 1 is 0.885 bits per heavy atom. The lowest BCUT2D eigenvalue weighted by atomic mass is 9.32. The lowest BCUT2D eigenvalue weighted by Crippen LogP contribution is -2.69. The number of nitrogens with zero attached hydrogens (tertiary/aromatic N) is 1. The van der Waals surface area contributed by atoms with Crippen molar-refractivity contribution in [2.75, 3.05) is 32.4 Å². The molecule has 0 aromatic heterocycles. The highest BCUT2D eigenvalue weighted by molar-refractivity contribution is 7.91. The van der Waals surface area contributed by atoms with Gasteiger partial charge in [-0.3, -0.25) is 9.59 Å². The number of piperidine rings is 1. The van der Waals surface area contributed by atoms with Crippen LogP contribution in [0.15, 0.2) is 12.2 Å². The van der Waals surface area contributed by atoms with Gasteiger partial charge in [-0.15, -0.1) is 0 Å². The van der Waals surface area contributed by atoms with E-state index in [0.717, 1.165) is 58.3 Å². The number of aliphatic carboxylic acids is 1. The smallest absolute Gasteiger partial charge is 0.309 e. The average molecular weight is 745 g/mol. The van der Waals surface area contributed by atoms with E-state index < -0.39 is 21.2 Å². The number of rotatable bonds is 10. The fourth-order valence-electron chi connectivity index (χ4n) is 14.3. The maximum absolute atomic E-state index is 13.1. The van der Waals surface area contributed by atoms with Gasteiger partial charge in [0, 0.05) is 30.3 Å². The maximum atomic E-state index is 13.1. The van der Waals surface area contributed by atoms with Crippen molar-refractivity contribution in [3.8, 4) is 0 Å². The standard InChI is InChI=1S/C43H72N2O6S/c1-28(2)30-13-20-43(44-23-26-45-24-16-29(17-25-45)52(10,49)50)22-21-41(8)31(36(30)43)11-12-33-40(7)18-15-34(51-35(46)27-38(3,4)37(47)48)39(5,6)32(40)14-19-42(33,41)9/h29-34,36,44H,1,11-27H2,2-10H3,(H,47,48). The molecular formula is C43H72N2O6S. The first-order chi connectivity index (χ1) is 24.0. The topological polar surface area (TPSA) is 113 Å². The Balaban J connectivity index is 1.18. The van der Waals surface area contributed by atoms with Crippen LogP contribution in [0.3, 0.4) is 0 Å². The Hall–Kier alpha value is -1.45. The molecule has 0 aromatic rings. The number of allylic oxidation sites excluding steroid dienone is 1. The Morgan fingerprint density at radius 2 is 1.56 bits per heavy atom. The summed E-state index contributed by atoms with van der Waals surface area (Å²) in [5.74, 6) is 1.48. The van der Waals surface area contributed by atoms with Gasteiger partial charge in [0.25, 0.3) is 0 Å². The van der Waals surface area contributed by atoms with Gasteiger partial charge in [0.1, 0.15) is 15.9 Å². The van der Waals surface area contributed by atoms with Gasteiger partial charge in [0.2, 0.25) is 0 Å². The molecule has 2 N–H and O–H groups in total. The first-order valence-corrected chi connectivity index (χ1v) is 22.7. The third kappa shape index (κ3) is 6.54. The van der Waals surface area contributed by atoms with E-state index in [2.05, 4.69) is 58.3 Å².